The van der Waals surface area contributed by atoms with Gasteiger partial charge in [-0.1, -0.05) is 48.5 Å². The van der Waals surface area contributed by atoms with Crippen molar-refractivity contribution in [2.24, 2.45) is 17.8 Å². The highest BCUT2D eigenvalue weighted by Crippen LogP contribution is 2.55. The van der Waals surface area contributed by atoms with Gasteiger partial charge in [0.25, 0.3) is 0 Å². The van der Waals surface area contributed by atoms with E-state index in [1.807, 2.05) is 6.07 Å². The Hall–Kier alpha value is -1.51. The van der Waals surface area contributed by atoms with Crippen molar-refractivity contribution in [3.8, 4) is 5.75 Å². The van der Waals surface area contributed by atoms with Crippen molar-refractivity contribution < 1.29 is 17.1 Å². The summed E-state index contributed by atoms with van der Waals surface area (Å²) < 4.78 is 6.15. The molecular weight excluding hydrogens is 354 g/mol. The smallest absolute Gasteiger partial charge is 0.124 e. The summed E-state index contributed by atoms with van der Waals surface area (Å²) in [6.07, 6.45) is 8.68. The molecule has 0 heterocycles. The minimum atomic E-state index is 0. The Labute approximate surface area is 169 Å². The van der Waals surface area contributed by atoms with Gasteiger partial charge in [-0.25, -0.2) is 0 Å². The molecule has 4 aliphatic rings. The first-order valence-corrected chi connectivity index (χ1v) is 10.3. The first-order chi connectivity index (χ1) is 12.8. The summed E-state index contributed by atoms with van der Waals surface area (Å²) in [6, 6.07) is 19.0. The van der Waals surface area contributed by atoms with Crippen molar-refractivity contribution in [3.63, 3.8) is 0 Å². The zero-order valence-corrected chi connectivity index (χ0v) is 16.6. The van der Waals surface area contributed by atoms with Crippen LogP contribution in [0.1, 0.15) is 49.7 Å². The van der Waals surface area contributed by atoms with E-state index in [0.717, 1.165) is 30.0 Å². The van der Waals surface area contributed by atoms with Gasteiger partial charge in [-0.3, -0.25) is 0 Å². The molecule has 2 nitrogen and oxygen atoms in total. The van der Waals surface area contributed by atoms with Crippen LogP contribution in [0.4, 0.5) is 0 Å². The summed E-state index contributed by atoms with van der Waals surface area (Å²) in [4.78, 5) is 0. The fourth-order valence-electron chi connectivity index (χ4n) is 6.14. The lowest BCUT2D eigenvalue weighted by Crippen LogP contribution is -3.00. The van der Waals surface area contributed by atoms with Gasteiger partial charge in [0, 0.05) is 17.6 Å². The molecule has 0 saturated heterocycles. The van der Waals surface area contributed by atoms with Crippen molar-refractivity contribution in [1.82, 2.24) is 5.32 Å². The van der Waals surface area contributed by atoms with Gasteiger partial charge in [0.15, 0.2) is 0 Å². The van der Waals surface area contributed by atoms with Crippen LogP contribution in [0.15, 0.2) is 54.6 Å². The zero-order valence-electron chi connectivity index (χ0n) is 15.9. The second-order valence-corrected chi connectivity index (χ2v) is 8.93. The molecule has 0 radical (unpaired) electrons. The molecule has 0 amide bonds. The summed E-state index contributed by atoms with van der Waals surface area (Å²) in [6.45, 7) is 1.56. The van der Waals surface area contributed by atoms with Crippen LogP contribution in [0.2, 0.25) is 0 Å². The average molecular weight is 383 g/mol. The number of nitrogens with one attached hydrogen (secondary N) is 1. The third kappa shape index (κ3) is 4.02. The predicted molar refractivity (Wildman–Crippen MR) is 105 cm³/mol. The first kappa shape index (κ1) is 18.8. The lowest BCUT2D eigenvalue weighted by Gasteiger charge is -2.57. The Morgan fingerprint density at radius 2 is 1.41 bits per heavy atom. The maximum Gasteiger partial charge on any atom is 0.124 e. The Kier molecular flexibility index (Phi) is 5.48. The maximum atomic E-state index is 6.15. The molecule has 0 aliphatic heterocycles. The van der Waals surface area contributed by atoms with Crippen LogP contribution < -0.4 is 22.5 Å². The number of para-hydroxylation sites is 1. The van der Waals surface area contributed by atoms with Crippen molar-refractivity contribution in [2.75, 3.05) is 0 Å². The van der Waals surface area contributed by atoms with Gasteiger partial charge < -0.3 is 22.5 Å². The SMILES string of the molecule is [Cl-].c1ccc(COc2ccccc2CNC23CC4CC(CC(C4)C2)C3)cc1. The van der Waals surface area contributed by atoms with Gasteiger partial charge in [0.05, 0.1) is 0 Å². The van der Waals surface area contributed by atoms with Crippen LogP contribution in [-0.2, 0) is 13.2 Å². The standard InChI is InChI=1S/C24H29NO.ClH/c1-2-6-18(7-3-1)17-26-23-9-5-4-8-22(23)16-25-24-13-19-10-20(14-24)12-21(11-19)15-24;/h1-9,19-21,25H,10-17H2;1H/p-1. The number of benzene rings is 2. The van der Waals surface area contributed by atoms with Crippen LogP contribution in [0, 0.1) is 17.8 Å². The highest BCUT2D eigenvalue weighted by Gasteiger charge is 2.50. The fraction of sp³-hybridized carbons (Fsp3) is 0.500. The van der Waals surface area contributed by atoms with Crippen LogP contribution in [-0.4, -0.2) is 5.54 Å². The molecule has 4 saturated carbocycles. The minimum absolute atomic E-state index is 0. The van der Waals surface area contributed by atoms with Crippen molar-refractivity contribution in [2.45, 2.75) is 57.2 Å². The second kappa shape index (κ2) is 7.85. The van der Waals surface area contributed by atoms with Gasteiger partial charge in [-0.2, -0.15) is 0 Å². The fourth-order valence-corrected chi connectivity index (χ4v) is 6.14. The van der Waals surface area contributed by atoms with E-state index in [2.05, 4.69) is 53.8 Å². The molecule has 4 fully saturated rings. The van der Waals surface area contributed by atoms with Crippen LogP contribution in [0.25, 0.3) is 0 Å². The first-order valence-electron chi connectivity index (χ1n) is 10.3. The molecule has 2 aromatic carbocycles. The van der Waals surface area contributed by atoms with E-state index in [0.29, 0.717) is 12.1 Å². The number of hydrogen-bond acceptors (Lipinski definition) is 2. The Balaban J connectivity index is 0.00000180. The molecule has 4 bridgehead atoms. The molecule has 0 unspecified atom stereocenters. The third-order valence-corrected chi connectivity index (χ3v) is 6.90. The van der Waals surface area contributed by atoms with E-state index in [-0.39, 0.29) is 12.4 Å². The molecule has 144 valence electrons. The predicted octanol–water partition coefficient (Wildman–Crippen LogP) is 2.33. The van der Waals surface area contributed by atoms with Crippen molar-refractivity contribution in [3.05, 3.63) is 65.7 Å². The van der Waals surface area contributed by atoms with E-state index in [1.165, 1.54) is 49.7 Å². The lowest BCUT2D eigenvalue weighted by atomic mass is 9.53. The Morgan fingerprint density at radius 1 is 0.815 bits per heavy atom. The van der Waals surface area contributed by atoms with Gasteiger partial charge in [0.2, 0.25) is 0 Å². The molecule has 4 aliphatic carbocycles. The molecule has 2 aromatic rings. The van der Waals surface area contributed by atoms with E-state index in [9.17, 15) is 0 Å². The van der Waals surface area contributed by atoms with Gasteiger partial charge in [0.1, 0.15) is 12.4 Å². The highest BCUT2D eigenvalue weighted by atomic mass is 35.5. The largest absolute Gasteiger partial charge is 1.00 e. The summed E-state index contributed by atoms with van der Waals surface area (Å²) in [5.41, 5.74) is 2.91. The summed E-state index contributed by atoms with van der Waals surface area (Å²) in [5, 5.41) is 4.00. The summed E-state index contributed by atoms with van der Waals surface area (Å²) in [5.74, 6) is 3.98. The Morgan fingerprint density at radius 3 is 2.07 bits per heavy atom. The van der Waals surface area contributed by atoms with Crippen LogP contribution in [0.3, 0.4) is 0 Å². The number of ether oxygens (including phenoxy) is 1. The van der Waals surface area contributed by atoms with E-state index in [4.69, 9.17) is 4.74 Å². The quantitative estimate of drug-likeness (QED) is 0.828. The van der Waals surface area contributed by atoms with Gasteiger partial charge >= 0.3 is 0 Å². The number of rotatable bonds is 6. The zero-order chi connectivity index (χ0) is 17.4. The molecule has 27 heavy (non-hydrogen) atoms. The molecule has 3 heteroatoms. The molecular formula is C24H29ClNO-. The van der Waals surface area contributed by atoms with E-state index in [1.54, 1.807) is 0 Å². The molecule has 0 atom stereocenters. The minimum Gasteiger partial charge on any atom is -1.00 e. The number of hydrogen-bond donors (Lipinski definition) is 1. The van der Waals surface area contributed by atoms with Gasteiger partial charge in [-0.15, -0.1) is 0 Å². The van der Waals surface area contributed by atoms with Crippen LogP contribution in [0.5, 0.6) is 5.75 Å². The highest BCUT2D eigenvalue weighted by molar-refractivity contribution is 5.34. The molecule has 0 aromatic heterocycles. The average Bonchev–Trinajstić information content (AvgIpc) is 2.65. The maximum absolute atomic E-state index is 6.15. The van der Waals surface area contributed by atoms with E-state index < -0.39 is 0 Å². The molecule has 6 rings (SSSR count). The third-order valence-electron chi connectivity index (χ3n) is 6.90. The van der Waals surface area contributed by atoms with Crippen molar-refractivity contribution >= 4 is 0 Å². The lowest BCUT2D eigenvalue weighted by molar-refractivity contribution is -0.0206. The summed E-state index contributed by atoms with van der Waals surface area (Å²) >= 11 is 0. The second-order valence-electron chi connectivity index (χ2n) is 8.93. The van der Waals surface area contributed by atoms with Crippen LogP contribution >= 0.6 is 0 Å². The molecule has 0 spiro atoms. The monoisotopic (exact) mass is 382 g/mol. The van der Waals surface area contributed by atoms with Crippen molar-refractivity contribution in [1.29, 1.82) is 0 Å². The van der Waals surface area contributed by atoms with E-state index >= 15 is 0 Å². The topological polar surface area (TPSA) is 21.3 Å². The summed E-state index contributed by atoms with van der Waals surface area (Å²) in [7, 11) is 0. The number of halogens is 1. The van der Waals surface area contributed by atoms with Gasteiger partial charge in [-0.05, 0) is 67.9 Å². The molecule has 1 N–H and O–H groups in total. The Bertz CT molecular complexity index is 725. The normalized spacial score (nSPS) is 30.7.